The number of hydrogen-bond donors (Lipinski definition) is 1. The first kappa shape index (κ1) is 11.4. The lowest BCUT2D eigenvalue weighted by atomic mass is 9.68. The topological polar surface area (TPSA) is 21.3 Å². The summed E-state index contributed by atoms with van der Waals surface area (Å²) in [6.07, 6.45) is 10.8. The Hall–Kier alpha value is -0.0800. The Bertz CT molecular complexity index is 195. The number of methoxy groups -OCH3 is 1. The molecular weight excluding hydrogens is 186 g/mol. The molecule has 0 radical (unpaired) electrons. The van der Waals surface area contributed by atoms with Crippen molar-refractivity contribution in [1.29, 1.82) is 0 Å². The van der Waals surface area contributed by atoms with Crippen molar-refractivity contribution in [2.45, 2.75) is 63.0 Å². The van der Waals surface area contributed by atoms with E-state index in [1.54, 1.807) is 0 Å². The van der Waals surface area contributed by atoms with Crippen LogP contribution in [0.3, 0.4) is 0 Å². The second kappa shape index (κ2) is 4.84. The molecule has 2 saturated carbocycles. The molecule has 2 heteroatoms. The predicted molar refractivity (Wildman–Crippen MR) is 63.0 cm³/mol. The van der Waals surface area contributed by atoms with Gasteiger partial charge in [-0.1, -0.05) is 25.7 Å². The molecule has 2 nitrogen and oxygen atoms in total. The highest BCUT2D eigenvalue weighted by Crippen LogP contribution is 2.42. The Morgan fingerprint density at radius 2 is 1.80 bits per heavy atom. The lowest BCUT2D eigenvalue weighted by Gasteiger charge is -2.48. The Balaban J connectivity index is 2.06. The summed E-state index contributed by atoms with van der Waals surface area (Å²) in [6, 6.07) is 0.594. The zero-order valence-corrected chi connectivity index (χ0v) is 10.2. The molecule has 2 aliphatic rings. The molecule has 0 bridgehead atoms. The van der Waals surface area contributed by atoms with Crippen molar-refractivity contribution in [2.24, 2.45) is 5.92 Å². The van der Waals surface area contributed by atoms with Crippen molar-refractivity contribution in [2.75, 3.05) is 14.2 Å². The van der Waals surface area contributed by atoms with E-state index in [1.165, 1.54) is 51.4 Å². The van der Waals surface area contributed by atoms with Crippen molar-refractivity contribution in [1.82, 2.24) is 5.32 Å². The predicted octanol–water partition coefficient (Wildman–Crippen LogP) is 2.72. The molecule has 88 valence electrons. The maximum atomic E-state index is 5.93. The number of hydrogen-bond acceptors (Lipinski definition) is 2. The van der Waals surface area contributed by atoms with E-state index in [0.29, 0.717) is 6.04 Å². The Labute approximate surface area is 93.8 Å². The van der Waals surface area contributed by atoms with Crippen LogP contribution in [0.2, 0.25) is 0 Å². The van der Waals surface area contributed by atoms with E-state index in [4.69, 9.17) is 4.74 Å². The molecule has 0 aromatic heterocycles. The van der Waals surface area contributed by atoms with Crippen LogP contribution in [0.4, 0.5) is 0 Å². The Morgan fingerprint density at radius 3 is 2.20 bits per heavy atom. The monoisotopic (exact) mass is 211 g/mol. The number of ether oxygens (including phenoxy) is 1. The molecule has 2 aliphatic carbocycles. The van der Waals surface area contributed by atoms with Gasteiger partial charge in [-0.2, -0.15) is 0 Å². The van der Waals surface area contributed by atoms with Crippen LogP contribution in [0.5, 0.6) is 0 Å². The quantitative estimate of drug-likeness (QED) is 0.772. The first-order valence-corrected chi connectivity index (χ1v) is 6.55. The third-order valence-corrected chi connectivity index (χ3v) is 4.61. The van der Waals surface area contributed by atoms with E-state index in [2.05, 4.69) is 12.4 Å². The lowest BCUT2D eigenvalue weighted by Crippen LogP contribution is -2.57. The molecule has 2 rings (SSSR count). The van der Waals surface area contributed by atoms with Gasteiger partial charge in [0.25, 0.3) is 0 Å². The van der Waals surface area contributed by atoms with E-state index >= 15 is 0 Å². The highest BCUT2D eigenvalue weighted by molar-refractivity contribution is 5.00. The molecular formula is C13H25NO. The molecule has 0 heterocycles. The van der Waals surface area contributed by atoms with Gasteiger partial charge in [-0.15, -0.1) is 0 Å². The molecule has 2 fully saturated rings. The Kier molecular flexibility index (Phi) is 3.68. The number of nitrogens with one attached hydrogen (secondary N) is 1. The minimum absolute atomic E-state index is 0.151. The van der Waals surface area contributed by atoms with Crippen molar-refractivity contribution < 1.29 is 4.74 Å². The summed E-state index contributed by atoms with van der Waals surface area (Å²) in [6.45, 7) is 0. The van der Waals surface area contributed by atoms with Gasteiger partial charge in [0.05, 0.1) is 5.60 Å². The average Bonchev–Trinajstić information content (AvgIpc) is 2.24. The third-order valence-electron chi connectivity index (χ3n) is 4.61. The normalized spacial score (nSPS) is 28.4. The van der Waals surface area contributed by atoms with Crippen molar-refractivity contribution >= 4 is 0 Å². The lowest BCUT2D eigenvalue weighted by molar-refractivity contribution is -0.0884. The zero-order chi connectivity index (χ0) is 10.7. The van der Waals surface area contributed by atoms with Gasteiger partial charge >= 0.3 is 0 Å². The fourth-order valence-electron chi connectivity index (χ4n) is 3.49. The molecule has 0 aliphatic heterocycles. The van der Waals surface area contributed by atoms with Gasteiger partial charge in [-0.05, 0) is 38.6 Å². The summed E-state index contributed by atoms with van der Waals surface area (Å²) in [5.74, 6) is 0.869. The van der Waals surface area contributed by atoms with Crippen LogP contribution in [0.15, 0.2) is 0 Å². The number of rotatable bonds is 4. The summed E-state index contributed by atoms with van der Waals surface area (Å²) >= 11 is 0. The highest BCUT2D eigenvalue weighted by atomic mass is 16.5. The summed E-state index contributed by atoms with van der Waals surface area (Å²) in [5.41, 5.74) is 0.151. The van der Waals surface area contributed by atoms with E-state index in [0.717, 1.165) is 5.92 Å². The smallest absolute Gasteiger partial charge is 0.0833 e. The van der Waals surface area contributed by atoms with Gasteiger partial charge in [0.15, 0.2) is 0 Å². The second-order valence-corrected chi connectivity index (χ2v) is 5.29. The van der Waals surface area contributed by atoms with Crippen LogP contribution in [0.1, 0.15) is 51.4 Å². The third kappa shape index (κ3) is 2.07. The zero-order valence-electron chi connectivity index (χ0n) is 10.2. The molecule has 0 saturated heterocycles. The van der Waals surface area contributed by atoms with Gasteiger partial charge in [0, 0.05) is 13.2 Å². The Morgan fingerprint density at radius 1 is 1.13 bits per heavy atom. The van der Waals surface area contributed by atoms with Crippen LogP contribution < -0.4 is 5.32 Å². The standard InChI is InChI=1S/C13H25NO/c1-14-12(11-7-6-8-11)13(15-2)9-4-3-5-10-13/h11-12,14H,3-10H2,1-2H3. The first-order valence-electron chi connectivity index (χ1n) is 6.55. The molecule has 1 N–H and O–H groups in total. The van der Waals surface area contributed by atoms with Gasteiger partial charge in [0.2, 0.25) is 0 Å². The van der Waals surface area contributed by atoms with Crippen LogP contribution >= 0.6 is 0 Å². The maximum absolute atomic E-state index is 5.93. The first-order chi connectivity index (χ1) is 7.32. The summed E-state index contributed by atoms with van der Waals surface area (Å²) < 4.78 is 5.93. The van der Waals surface area contributed by atoms with E-state index < -0.39 is 0 Å². The minimum Gasteiger partial charge on any atom is -0.377 e. The van der Waals surface area contributed by atoms with Gasteiger partial charge < -0.3 is 10.1 Å². The molecule has 0 aromatic carbocycles. The maximum Gasteiger partial charge on any atom is 0.0833 e. The number of likely N-dealkylation sites (N-methyl/N-ethyl adjacent to an activating group) is 1. The molecule has 0 amide bonds. The van der Waals surface area contributed by atoms with Crippen LogP contribution in [0.25, 0.3) is 0 Å². The molecule has 15 heavy (non-hydrogen) atoms. The summed E-state index contributed by atoms with van der Waals surface area (Å²) in [4.78, 5) is 0. The van der Waals surface area contributed by atoms with E-state index in [9.17, 15) is 0 Å². The fourth-order valence-corrected chi connectivity index (χ4v) is 3.49. The fraction of sp³-hybridized carbons (Fsp3) is 1.00. The van der Waals surface area contributed by atoms with Crippen LogP contribution in [-0.4, -0.2) is 25.8 Å². The van der Waals surface area contributed by atoms with Gasteiger partial charge in [0.1, 0.15) is 0 Å². The second-order valence-electron chi connectivity index (χ2n) is 5.29. The largest absolute Gasteiger partial charge is 0.377 e. The van der Waals surface area contributed by atoms with E-state index in [1.807, 2.05) is 7.11 Å². The molecule has 1 atom stereocenters. The molecule has 1 unspecified atom stereocenters. The summed E-state index contributed by atoms with van der Waals surface area (Å²) in [5, 5.41) is 3.54. The molecule has 0 aromatic rings. The van der Waals surface area contributed by atoms with Crippen LogP contribution in [-0.2, 0) is 4.74 Å². The minimum atomic E-state index is 0.151. The van der Waals surface area contributed by atoms with Crippen molar-refractivity contribution in [3.63, 3.8) is 0 Å². The van der Waals surface area contributed by atoms with Crippen molar-refractivity contribution in [3.8, 4) is 0 Å². The van der Waals surface area contributed by atoms with Gasteiger partial charge in [-0.25, -0.2) is 0 Å². The SMILES string of the molecule is CNC(C1CCC1)C1(OC)CCCCC1. The molecule has 0 spiro atoms. The summed E-state index contributed by atoms with van der Waals surface area (Å²) in [7, 11) is 4.02. The van der Waals surface area contributed by atoms with E-state index in [-0.39, 0.29) is 5.60 Å². The average molecular weight is 211 g/mol. The van der Waals surface area contributed by atoms with Crippen LogP contribution in [0, 0.1) is 5.92 Å². The van der Waals surface area contributed by atoms with Crippen molar-refractivity contribution in [3.05, 3.63) is 0 Å². The van der Waals surface area contributed by atoms with Gasteiger partial charge in [-0.3, -0.25) is 0 Å². The highest BCUT2D eigenvalue weighted by Gasteiger charge is 2.44.